The van der Waals surface area contributed by atoms with Crippen LogP contribution in [0.5, 0.6) is 0 Å². The fraction of sp³-hybridized carbons (Fsp3) is 0.800. The zero-order valence-corrected chi connectivity index (χ0v) is 12.5. The Morgan fingerprint density at radius 1 is 1.37 bits per heavy atom. The molecule has 106 valence electrons. The molecule has 0 aliphatic carbocycles. The first kappa shape index (κ1) is 13.0. The highest BCUT2D eigenvalue weighted by Gasteiger charge is 2.31. The van der Waals surface area contributed by atoms with E-state index in [1.807, 2.05) is 0 Å². The van der Waals surface area contributed by atoms with Gasteiger partial charge in [0.2, 0.25) is 0 Å². The first-order valence-corrected chi connectivity index (χ1v) is 7.43. The van der Waals surface area contributed by atoms with Crippen LogP contribution in [0.2, 0.25) is 0 Å². The van der Waals surface area contributed by atoms with Crippen LogP contribution in [0, 0.1) is 0 Å². The molecule has 0 bridgehead atoms. The first-order valence-electron chi connectivity index (χ1n) is 7.43. The monoisotopic (exact) mass is 263 g/mol. The molecule has 0 amide bonds. The molecule has 0 saturated carbocycles. The molecular formula is C15H25N3O. The number of hydrogen-bond donors (Lipinski definition) is 1. The zero-order chi connectivity index (χ0) is 13.6. The predicted molar refractivity (Wildman–Crippen MR) is 76.7 cm³/mol. The standard InChI is InChI=1S/C15H25N3O/c1-10-5-6-12-13(16-10)18(9-11-7-8-19-11)14(17-12)15(2,3)4/h10-11,16H,5-9H2,1-4H3/t10?,11-/m0/s1. The Labute approximate surface area is 115 Å². The van der Waals surface area contributed by atoms with Gasteiger partial charge in [0.15, 0.2) is 0 Å². The summed E-state index contributed by atoms with van der Waals surface area (Å²) < 4.78 is 7.98. The topological polar surface area (TPSA) is 39.1 Å². The number of rotatable bonds is 2. The van der Waals surface area contributed by atoms with Crippen molar-refractivity contribution in [1.29, 1.82) is 0 Å². The zero-order valence-electron chi connectivity index (χ0n) is 12.5. The molecular weight excluding hydrogens is 238 g/mol. The van der Waals surface area contributed by atoms with Crippen molar-refractivity contribution in [3.8, 4) is 0 Å². The van der Waals surface area contributed by atoms with E-state index in [0.717, 1.165) is 19.6 Å². The average molecular weight is 263 g/mol. The highest BCUT2D eigenvalue weighted by molar-refractivity contribution is 5.47. The fourth-order valence-electron chi connectivity index (χ4n) is 2.88. The maximum absolute atomic E-state index is 5.61. The summed E-state index contributed by atoms with van der Waals surface area (Å²) in [5, 5.41) is 3.62. The molecule has 3 rings (SSSR count). The number of fused-ring (bicyclic) bond motifs is 1. The summed E-state index contributed by atoms with van der Waals surface area (Å²) in [6.45, 7) is 10.8. The van der Waals surface area contributed by atoms with Crippen molar-refractivity contribution in [3.63, 3.8) is 0 Å². The second-order valence-corrected chi connectivity index (χ2v) is 6.96. The number of aryl methyl sites for hydroxylation is 1. The van der Waals surface area contributed by atoms with E-state index in [1.165, 1.54) is 30.2 Å². The lowest BCUT2D eigenvalue weighted by molar-refractivity contribution is -0.0595. The number of nitrogens with zero attached hydrogens (tertiary/aromatic N) is 2. The lowest BCUT2D eigenvalue weighted by Crippen LogP contribution is -2.34. The summed E-state index contributed by atoms with van der Waals surface area (Å²) in [5.41, 5.74) is 1.31. The van der Waals surface area contributed by atoms with E-state index in [0.29, 0.717) is 12.1 Å². The van der Waals surface area contributed by atoms with Crippen LogP contribution in [0.4, 0.5) is 5.82 Å². The molecule has 1 saturated heterocycles. The van der Waals surface area contributed by atoms with Crippen LogP contribution in [0.1, 0.15) is 52.1 Å². The lowest BCUT2D eigenvalue weighted by atomic mass is 9.95. The highest BCUT2D eigenvalue weighted by atomic mass is 16.5. The number of nitrogens with one attached hydrogen (secondary N) is 1. The van der Waals surface area contributed by atoms with Gasteiger partial charge < -0.3 is 14.6 Å². The van der Waals surface area contributed by atoms with Gasteiger partial charge in [-0.1, -0.05) is 20.8 Å². The molecule has 2 aliphatic rings. The number of hydrogen-bond acceptors (Lipinski definition) is 3. The SMILES string of the molecule is CC1CCc2nc(C(C)(C)C)n(C[C@@H]3CCO3)c2N1. The van der Waals surface area contributed by atoms with Gasteiger partial charge in [0.25, 0.3) is 0 Å². The van der Waals surface area contributed by atoms with Gasteiger partial charge in [-0.15, -0.1) is 0 Å². The third-order valence-electron chi connectivity index (χ3n) is 4.09. The molecule has 4 heteroatoms. The van der Waals surface area contributed by atoms with Gasteiger partial charge in [-0.25, -0.2) is 4.98 Å². The van der Waals surface area contributed by atoms with Crippen molar-refractivity contribution >= 4 is 5.82 Å². The number of aromatic nitrogens is 2. The molecule has 19 heavy (non-hydrogen) atoms. The van der Waals surface area contributed by atoms with Crippen molar-refractivity contribution in [3.05, 3.63) is 11.5 Å². The largest absolute Gasteiger partial charge is 0.376 e. The smallest absolute Gasteiger partial charge is 0.129 e. The average Bonchev–Trinajstić information content (AvgIpc) is 2.61. The van der Waals surface area contributed by atoms with Crippen LogP contribution in [-0.4, -0.2) is 28.3 Å². The molecule has 0 spiro atoms. The van der Waals surface area contributed by atoms with Crippen molar-refractivity contribution in [1.82, 2.24) is 9.55 Å². The van der Waals surface area contributed by atoms with Gasteiger partial charge in [-0.05, 0) is 26.2 Å². The Morgan fingerprint density at radius 2 is 2.11 bits per heavy atom. The van der Waals surface area contributed by atoms with E-state index in [1.54, 1.807) is 0 Å². The molecule has 1 unspecified atom stereocenters. The Kier molecular flexibility index (Phi) is 3.08. The van der Waals surface area contributed by atoms with Crippen molar-refractivity contribution < 1.29 is 4.74 Å². The summed E-state index contributed by atoms with van der Waals surface area (Å²) in [4.78, 5) is 4.91. The molecule has 0 aromatic carbocycles. The lowest BCUT2D eigenvalue weighted by Gasteiger charge is -2.31. The van der Waals surface area contributed by atoms with Crippen molar-refractivity contribution in [2.24, 2.45) is 0 Å². The third-order valence-corrected chi connectivity index (χ3v) is 4.09. The summed E-state index contributed by atoms with van der Waals surface area (Å²) in [7, 11) is 0. The Morgan fingerprint density at radius 3 is 2.68 bits per heavy atom. The minimum atomic E-state index is 0.0754. The van der Waals surface area contributed by atoms with E-state index >= 15 is 0 Å². The first-order chi connectivity index (χ1) is 8.95. The Bertz CT molecular complexity index is 468. The van der Waals surface area contributed by atoms with Crippen LogP contribution in [0.25, 0.3) is 0 Å². The maximum atomic E-state index is 5.61. The molecule has 1 N–H and O–H groups in total. The molecule has 2 atom stereocenters. The normalized spacial score (nSPS) is 26.5. The van der Waals surface area contributed by atoms with Gasteiger partial charge in [0.05, 0.1) is 18.3 Å². The van der Waals surface area contributed by atoms with E-state index in [2.05, 4.69) is 37.6 Å². The molecule has 3 heterocycles. The number of anilines is 1. The van der Waals surface area contributed by atoms with Gasteiger partial charge in [-0.2, -0.15) is 0 Å². The number of ether oxygens (including phenoxy) is 1. The molecule has 1 aromatic rings. The van der Waals surface area contributed by atoms with Gasteiger partial charge in [-0.3, -0.25) is 0 Å². The quantitative estimate of drug-likeness (QED) is 0.891. The molecule has 4 nitrogen and oxygen atoms in total. The molecule has 2 aliphatic heterocycles. The second kappa shape index (κ2) is 4.51. The van der Waals surface area contributed by atoms with Crippen LogP contribution >= 0.6 is 0 Å². The minimum absolute atomic E-state index is 0.0754. The van der Waals surface area contributed by atoms with Crippen LogP contribution in [0.3, 0.4) is 0 Å². The van der Waals surface area contributed by atoms with E-state index < -0.39 is 0 Å². The summed E-state index contributed by atoms with van der Waals surface area (Å²) in [5.74, 6) is 2.42. The fourth-order valence-corrected chi connectivity index (χ4v) is 2.88. The summed E-state index contributed by atoms with van der Waals surface area (Å²) in [6.07, 6.45) is 3.81. The summed E-state index contributed by atoms with van der Waals surface area (Å²) in [6, 6.07) is 0.540. The van der Waals surface area contributed by atoms with Crippen LogP contribution < -0.4 is 5.32 Å². The van der Waals surface area contributed by atoms with E-state index in [-0.39, 0.29) is 5.41 Å². The summed E-state index contributed by atoms with van der Waals surface area (Å²) >= 11 is 0. The second-order valence-electron chi connectivity index (χ2n) is 6.96. The molecule has 1 aromatic heterocycles. The molecule has 0 radical (unpaired) electrons. The van der Waals surface area contributed by atoms with Crippen molar-refractivity contribution in [2.45, 2.75) is 71.1 Å². The van der Waals surface area contributed by atoms with Crippen molar-refractivity contribution in [2.75, 3.05) is 11.9 Å². The van der Waals surface area contributed by atoms with Crippen LogP contribution in [-0.2, 0) is 23.1 Å². The maximum Gasteiger partial charge on any atom is 0.129 e. The number of imidazole rings is 1. The van der Waals surface area contributed by atoms with E-state index in [9.17, 15) is 0 Å². The van der Waals surface area contributed by atoms with Gasteiger partial charge >= 0.3 is 0 Å². The van der Waals surface area contributed by atoms with Crippen LogP contribution in [0.15, 0.2) is 0 Å². The van der Waals surface area contributed by atoms with Gasteiger partial charge in [0.1, 0.15) is 11.6 Å². The predicted octanol–water partition coefficient (Wildman–Crippen LogP) is 2.72. The van der Waals surface area contributed by atoms with Gasteiger partial charge in [0, 0.05) is 18.1 Å². The Hall–Kier alpha value is -1.03. The molecule has 1 fully saturated rings. The van der Waals surface area contributed by atoms with E-state index in [4.69, 9.17) is 9.72 Å². The minimum Gasteiger partial charge on any atom is -0.376 e. The highest BCUT2D eigenvalue weighted by Crippen LogP contribution is 2.32. The Balaban J connectivity index is 1.98. The third kappa shape index (κ3) is 2.38.